The van der Waals surface area contributed by atoms with Crippen LogP contribution in [0.25, 0.3) is 0 Å². The van der Waals surface area contributed by atoms with Crippen LogP contribution in [0, 0.1) is 39.3 Å². The fraction of sp³-hybridized carbons (Fsp3) is 0.467. The molecule has 57 heavy (non-hydrogen) atoms. The number of nitrogens with zero attached hydrogens (tertiary/aromatic N) is 1. The number of carbonyl (C=O) groups excluding carboxylic acids is 2. The number of hydrogen-bond donors (Lipinski definition) is 3. The average molecular weight is 807 g/mol. The van der Waals surface area contributed by atoms with Crippen LogP contribution < -0.4 is 10.1 Å². The number of fused-ring (bicyclic) bond motifs is 1. The second-order valence-electron chi connectivity index (χ2n) is 17.5. The minimum atomic E-state index is -4.85. The minimum absolute atomic E-state index is 0.00196. The number of allylic oxidation sites excluding steroid dienone is 4. The Bertz CT molecular complexity index is 2110. The van der Waals surface area contributed by atoms with E-state index in [4.69, 9.17) is 11.6 Å². The summed E-state index contributed by atoms with van der Waals surface area (Å²) in [6.07, 6.45) is 4.84. The van der Waals surface area contributed by atoms with Gasteiger partial charge in [0, 0.05) is 51.1 Å². The quantitative estimate of drug-likeness (QED) is 0.148. The van der Waals surface area contributed by atoms with E-state index in [9.17, 15) is 33.0 Å². The first-order valence-corrected chi connectivity index (χ1v) is 20.1. The number of Topliss-reactive ketones (excluding diaryl/α,β-unsaturated/α-hetero) is 1. The molecule has 12 heteroatoms. The number of ether oxygens (including phenoxy) is 1. The second kappa shape index (κ2) is 14.0. The molecule has 3 N–H and O–H groups in total. The zero-order valence-electron chi connectivity index (χ0n) is 31.9. The molecule has 8 atom stereocenters. The van der Waals surface area contributed by atoms with E-state index in [1.807, 2.05) is 6.07 Å². The molecule has 0 aromatic heterocycles. The molecule has 6 aliphatic rings. The van der Waals surface area contributed by atoms with Gasteiger partial charge in [-0.05, 0) is 104 Å². The van der Waals surface area contributed by atoms with Gasteiger partial charge in [-0.15, -0.1) is 13.2 Å². The lowest BCUT2D eigenvalue weighted by Crippen LogP contribution is -2.67. The van der Waals surface area contributed by atoms with Crippen LogP contribution in [0.3, 0.4) is 0 Å². The Balaban J connectivity index is 1.16. The highest BCUT2D eigenvalue weighted by Crippen LogP contribution is 2.78. The molecular weight excluding hydrogens is 760 g/mol. The Hall–Kier alpha value is -4.19. The summed E-state index contributed by atoms with van der Waals surface area (Å²) < 4.78 is 58.0. The van der Waals surface area contributed by atoms with Crippen LogP contribution >= 0.6 is 11.6 Å². The zero-order chi connectivity index (χ0) is 40.6. The molecule has 0 aliphatic heterocycles. The van der Waals surface area contributed by atoms with Gasteiger partial charge < -0.3 is 25.2 Å². The molecule has 3 fully saturated rings. The Labute approximate surface area is 334 Å². The first-order valence-electron chi connectivity index (χ1n) is 19.7. The maximum atomic E-state index is 15.2. The lowest BCUT2D eigenvalue weighted by atomic mass is 9.32. The number of rotatable bonds is 9. The average Bonchev–Trinajstić information content (AvgIpc) is 3.43. The molecule has 2 amide bonds. The number of benzene rings is 3. The van der Waals surface area contributed by atoms with E-state index in [-0.39, 0.29) is 58.9 Å². The number of ketones is 1. The third-order valence-electron chi connectivity index (χ3n) is 14.7. The Morgan fingerprint density at radius 1 is 0.912 bits per heavy atom. The SMILES string of the molecule is C[C@]12CC[C@H]3[C@]4(C=C[C@@]5(C=C4C(=O)Cc4c(F)cccc4Cl)CC(O)CC[C@]35C)[C@@H]1CC[C@@]2(O)CN(Cc1ccc(OC(F)(F)F)cc1)C(=O)Nc1ccccc1. The summed E-state index contributed by atoms with van der Waals surface area (Å²) in [5.74, 6) is -1.42. The van der Waals surface area contributed by atoms with Gasteiger partial charge in [0.25, 0.3) is 0 Å². The van der Waals surface area contributed by atoms with E-state index in [1.165, 1.54) is 41.3 Å². The van der Waals surface area contributed by atoms with Gasteiger partial charge in [-0.3, -0.25) is 4.79 Å². The number of para-hydroxylation sites is 1. The number of halogens is 5. The summed E-state index contributed by atoms with van der Waals surface area (Å²) >= 11 is 6.46. The van der Waals surface area contributed by atoms with Crippen molar-refractivity contribution in [2.24, 2.45) is 33.5 Å². The molecule has 3 aromatic carbocycles. The van der Waals surface area contributed by atoms with Crippen molar-refractivity contribution >= 4 is 29.1 Å². The van der Waals surface area contributed by atoms with Crippen LogP contribution in [0.1, 0.15) is 69.9 Å². The highest BCUT2D eigenvalue weighted by Gasteiger charge is 2.74. The largest absolute Gasteiger partial charge is 0.573 e. The van der Waals surface area contributed by atoms with Crippen molar-refractivity contribution in [3.8, 4) is 5.75 Å². The number of hydrogen-bond acceptors (Lipinski definition) is 5. The molecule has 7 nitrogen and oxygen atoms in total. The van der Waals surface area contributed by atoms with E-state index in [0.29, 0.717) is 55.3 Å². The van der Waals surface area contributed by atoms with Crippen LogP contribution in [0.2, 0.25) is 5.02 Å². The van der Waals surface area contributed by atoms with E-state index in [1.54, 1.807) is 30.3 Å². The Morgan fingerprint density at radius 2 is 1.60 bits per heavy atom. The summed E-state index contributed by atoms with van der Waals surface area (Å²) in [5, 5.41) is 27.2. The number of aliphatic hydroxyl groups is 2. The molecule has 2 bridgehead atoms. The van der Waals surface area contributed by atoms with E-state index >= 15 is 4.39 Å². The summed E-state index contributed by atoms with van der Waals surface area (Å²) in [7, 11) is 0. The molecule has 302 valence electrons. The van der Waals surface area contributed by atoms with Gasteiger partial charge >= 0.3 is 12.4 Å². The van der Waals surface area contributed by atoms with Gasteiger partial charge in [-0.2, -0.15) is 0 Å². The fourth-order valence-electron chi connectivity index (χ4n) is 11.9. The van der Waals surface area contributed by atoms with Crippen molar-refractivity contribution in [3.05, 3.63) is 119 Å². The highest BCUT2D eigenvalue weighted by atomic mass is 35.5. The Kier molecular flexibility index (Phi) is 9.72. The molecule has 9 rings (SSSR count). The maximum Gasteiger partial charge on any atom is 0.573 e. The van der Waals surface area contributed by atoms with Crippen molar-refractivity contribution in [2.45, 2.75) is 89.8 Å². The predicted molar refractivity (Wildman–Crippen MR) is 208 cm³/mol. The molecule has 6 aliphatic carbocycles. The molecule has 3 aromatic rings. The molecular formula is C45H47ClF4N2O5. The third kappa shape index (κ3) is 6.48. The summed E-state index contributed by atoms with van der Waals surface area (Å²) in [4.78, 5) is 30.4. The normalized spacial score (nSPS) is 33.8. The number of alkyl halides is 3. The summed E-state index contributed by atoms with van der Waals surface area (Å²) in [6.45, 7) is 4.23. The van der Waals surface area contributed by atoms with Crippen molar-refractivity contribution in [3.63, 3.8) is 0 Å². The van der Waals surface area contributed by atoms with Crippen molar-refractivity contribution in [2.75, 3.05) is 11.9 Å². The first-order chi connectivity index (χ1) is 26.9. The van der Waals surface area contributed by atoms with Gasteiger partial charge in [0.2, 0.25) is 0 Å². The van der Waals surface area contributed by atoms with Crippen LogP contribution in [0.4, 0.5) is 28.0 Å². The van der Waals surface area contributed by atoms with Crippen molar-refractivity contribution < 1.29 is 42.1 Å². The number of urea groups is 1. The highest BCUT2D eigenvalue weighted by molar-refractivity contribution is 6.31. The van der Waals surface area contributed by atoms with E-state index < -0.39 is 46.2 Å². The second-order valence-corrected chi connectivity index (χ2v) is 17.9. The Morgan fingerprint density at radius 3 is 2.30 bits per heavy atom. The van der Waals surface area contributed by atoms with Crippen LogP contribution in [-0.4, -0.2) is 51.5 Å². The molecule has 2 spiro atoms. The number of amides is 2. The number of anilines is 1. The van der Waals surface area contributed by atoms with Crippen LogP contribution in [0.5, 0.6) is 5.75 Å². The first kappa shape index (κ1) is 39.6. The lowest BCUT2D eigenvalue weighted by Gasteiger charge is -2.71. The van der Waals surface area contributed by atoms with Gasteiger partial charge in [0.15, 0.2) is 5.78 Å². The van der Waals surface area contributed by atoms with Gasteiger partial charge in [0.1, 0.15) is 11.6 Å². The van der Waals surface area contributed by atoms with Gasteiger partial charge in [-0.1, -0.05) is 80.1 Å². The smallest absolute Gasteiger partial charge is 0.406 e. The standard InChI is InChI=1S/C45H47ClF4N2O5/c1-40-18-15-30(53)24-42(40)21-22-44(33(25-42)36(54)23-32-34(46)9-6-10-35(32)47)37(40)16-19-41(2)38(44)17-20-43(41,56)27-52(39(55)51-29-7-4-3-5-8-29)26-28-11-13-31(14-12-28)57-45(48,49)50/h3-14,21-22,25,30,37-38,53,56H,15-20,23-24,26-27H2,1-2H3,(H,51,55)/t30?,37-,38-,40-,41+,42+,43-,44-/m1/s1. The van der Waals surface area contributed by atoms with Gasteiger partial charge in [0.05, 0.1) is 18.2 Å². The minimum Gasteiger partial charge on any atom is -0.406 e. The fourth-order valence-corrected chi connectivity index (χ4v) is 12.1. The summed E-state index contributed by atoms with van der Waals surface area (Å²) in [6, 6.07) is 18.1. The maximum absolute atomic E-state index is 15.2. The van der Waals surface area contributed by atoms with Gasteiger partial charge in [-0.25, -0.2) is 9.18 Å². The molecule has 3 saturated carbocycles. The molecule has 0 saturated heterocycles. The number of carbonyl (C=O) groups is 2. The number of aliphatic hydroxyl groups excluding tert-OH is 1. The predicted octanol–water partition coefficient (Wildman–Crippen LogP) is 9.81. The van der Waals surface area contributed by atoms with E-state index in [0.717, 1.165) is 6.42 Å². The van der Waals surface area contributed by atoms with Crippen LogP contribution in [-0.2, 0) is 17.8 Å². The molecule has 0 heterocycles. The van der Waals surface area contributed by atoms with E-state index in [2.05, 4.69) is 42.1 Å². The molecule has 0 radical (unpaired) electrons. The monoisotopic (exact) mass is 806 g/mol. The summed E-state index contributed by atoms with van der Waals surface area (Å²) in [5.41, 5.74) is -2.12. The van der Waals surface area contributed by atoms with Crippen molar-refractivity contribution in [1.82, 2.24) is 4.90 Å². The molecule has 1 unspecified atom stereocenters. The topological polar surface area (TPSA) is 99.1 Å². The van der Waals surface area contributed by atoms with Crippen LogP contribution in [0.15, 0.2) is 96.6 Å². The third-order valence-corrected chi connectivity index (χ3v) is 15.1. The lowest BCUT2D eigenvalue weighted by molar-refractivity contribution is -0.274. The van der Waals surface area contributed by atoms with Crippen molar-refractivity contribution in [1.29, 1.82) is 0 Å². The number of nitrogens with one attached hydrogen (secondary N) is 1. The zero-order valence-corrected chi connectivity index (χ0v) is 32.7.